The normalized spacial score (nSPS) is 27.3. The number of rotatable bonds is 5. The van der Waals surface area contributed by atoms with Gasteiger partial charge in [0.15, 0.2) is 5.66 Å². The molecule has 0 aromatic heterocycles. The molecule has 0 radical (unpaired) electrons. The number of aliphatic imine (C=N–C) groups is 1. The number of alkyl carbamates (subject to hydrolysis) is 1. The SMILES string of the molecule is C=C1N[C@H]2[C@H](CN3C(=O)CCC3=O)N=C(NC(=O)OCC(Cl)(Cl)Cl)N3C[C@H](NC(=O)c4ccccc4C(F)(F)F)C(O)(O)[C@]23N1. The van der Waals surface area contributed by atoms with E-state index in [-0.39, 0.29) is 25.2 Å². The Labute approximate surface area is 267 Å². The second-order valence-electron chi connectivity index (χ2n) is 10.6. The molecule has 1 aromatic rings. The zero-order valence-electron chi connectivity index (χ0n) is 22.8. The van der Waals surface area contributed by atoms with E-state index in [9.17, 15) is 42.6 Å². The molecule has 1 spiro atoms. The summed E-state index contributed by atoms with van der Waals surface area (Å²) >= 11 is 16.9. The average Bonchev–Trinajstić information content (AvgIpc) is 3.53. The van der Waals surface area contributed by atoms with Crippen molar-refractivity contribution in [3.8, 4) is 0 Å². The molecule has 45 heavy (non-hydrogen) atoms. The number of carbonyl (C=O) groups excluding carboxylic acids is 4. The zero-order chi connectivity index (χ0) is 33.1. The largest absolute Gasteiger partial charge is 0.445 e. The topological polar surface area (TPSA) is 185 Å². The van der Waals surface area contributed by atoms with Crippen molar-refractivity contribution in [1.29, 1.82) is 0 Å². The Balaban J connectivity index is 1.52. The van der Waals surface area contributed by atoms with Gasteiger partial charge in [-0.1, -0.05) is 53.5 Å². The molecule has 0 aliphatic carbocycles. The Morgan fingerprint density at radius 3 is 2.42 bits per heavy atom. The van der Waals surface area contributed by atoms with E-state index in [1.807, 2.05) is 0 Å². The minimum absolute atomic E-state index is 0.0196. The van der Waals surface area contributed by atoms with Crippen molar-refractivity contribution in [3.63, 3.8) is 0 Å². The van der Waals surface area contributed by atoms with Crippen molar-refractivity contribution in [3.05, 3.63) is 47.8 Å². The van der Waals surface area contributed by atoms with Crippen LogP contribution in [0, 0.1) is 0 Å². The van der Waals surface area contributed by atoms with Gasteiger partial charge >= 0.3 is 12.3 Å². The maximum atomic E-state index is 13.6. The number of guanidine groups is 1. The lowest BCUT2D eigenvalue weighted by molar-refractivity contribution is -0.231. The fourth-order valence-corrected chi connectivity index (χ4v) is 6.05. The van der Waals surface area contributed by atoms with Crippen molar-refractivity contribution in [2.75, 3.05) is 19.7 Å². The standard InChI is InChI=1S/C25H25Cl3F3N7O7/c1-11-32-18-14(8-37-16(39)6-7-17(37)40)33-20(35-21(42)45-10-22(26,27)28)38-9-15(24(43,44)23(18,38)36-11)34-19(41)12-4-2-3-5-13(12)25(29,30)31/h2-5,14-15,18,32,36,43-44H,1,6-10H2,(H,34,41)(H,33,35,42)/t14-,15-,18-,23-/m0/s1. The highest BCUT2D eigenvalue weighted by molar-refractivity contribution is 6.67. The van der Waals surface area contributed by atoms with Crippen LogP contribution in [0.15, 0.2) is 41.7 Å². The zero-order valence-corrected chi connectivity index (χ0v) is 25.1. The highest BCUT2D eigenvalue weighted by atomic mass is 35.6. The van der Waals surface area contributed by atoms with E-state index in [2.05, 4.69) is 32.8 Å². The molecule has 4 atom stereocenters. The van der Waals surface area contributed by atoms with Crippen molar-refractivity contribution >= 4 is 64.6 Å². The maximum absolute atomic E-state index is 13.6. The van der Waals surface area contributed by atoms with Gasteiger partial charge in [-0.15, -0.1) is 0 Å². The summed E-state index contributed by atoms with van der Waals surface area (Å²) in [7, 11) is 0. The van der Waals surface area contributed by atoms with Gasteiger partial charge in [0.25, 0.3) is 5.91 Å². The molecule has 3 saturated heterocycles. The van der Waals surface area contributed by atoms with Gasteiger partial charge in [-0.25, -0.2) is 9.79 Å². The third kappa shape index (κ3) is 5.94. The number of benzene rings is 1. The van der Waals surface area contributed by atoms with Crippen LogP contribution in [0.2, 0.25) is 0 Å². The molecule has 0 unspecified atom stereocenters. The first-order chi connectivity index (χ1) is 20.8. The smallest absolute Gasteiger partial charge is 0.417 e. The summed E-state index contributed by atoms with van der Waals surface area (Å²) in [6.45, 7) is 2.14. The van der Waals surface area contributed by atoms with Crippen LogP contribution in [0.1, 0.15) is 28.8 Å². The van der Waals surface area contributed by atoms with Crippen molar-refractivity contribution < 1.29 is 47.3 Å². The van der Waals surface area contributed by atoms with Crippen molar-refractivity contribution in [2.45, 2.75) is 52.4 Å². The molecular formula is C25H25Cl3F3N7O7. The van der Waals surface area contributed by atoms with Crippen LogP contribution in [0.3, 0.4) is 0 Å². The summed E-state index contributed by atoms with van der Waals surface area (Å²) in [5.74, 6) is -5.70. The molecule has 0 bridgehead atoms. The number of nitrogens with one attached hydrogen (secondary N) is 4. The lowest BCUT2D eigenvalue weighted by Crippen LogP contribution is -2.78. The van der Waals surface area contributed by atoms with Gasteiger partial charge in [0.05, 0.1) is 35.6 Å². The third-order valence-corrected chi connectivity index (χ3v) is 8.10. The molecule has 14 nitrogen and oxygen atoms in total. The first-order valence-electron chi connectivity index (χ1n) is 13.2. The summed E-state index contributed by atoms with van der Waals surface area (Å²) in [6, 6.07) is -0.195. The van der Waals surface area contributed by atoms with Gasteiger partial charge in [0, 0.05) is 19.4 Å². The average molecular weight is 699 g/mol. The number of alkyl halides is 6. The van der Waals surface area contributed by atoms with Gasteiger partial charge in [-0.05, 0) is 12.1 Å². The fraction of sp³-hybridized carbons (Fsp3) is 0.480. The molecule has 3 fully saturated rings. The summed E-state index contributed by atoms with van der Waals surface area (Å²) in [6.07, 6.45) is -6.22. The number of ether oxygens (including phenoxy) is 1. The van der Waals surface area contributed by atoms with E-state index >= 15 is 0 Å². The van der Waals surface area contributed by atoms with Crippen LogP contribution in [0.4, 0.5) is 18.0 Å². The van der Waals surface area contributed by atoms with Crippen LogP contribution in [0.25, 0.3) is 0 Å². The third-order valence-electron chi connectivity index (χ3n) is 7.78. The van der Waals surface area contributed by atoms with Crippen LogP contribution in [-0.2, 0) is 20.5 Å². The summed E-state index contributed by atoms with van der Waals surface area (Å²) in [5, 5.41) is 33.7. The van der Waals surface area contributed by atoms with Gasteiger partial charge < -0.3 is 35.8 Å². The minimum Gasteiger partial charge on any atom is -0.445 e. The number of imide groups is 1. The molecule has 4 aliphatic rings. The number of carbonyl (C=O) groups is 4. The number of hydrogen-bond acceptors (Lipinski definition) is 11. The van der Waals surface area contributed by atoms with Gasteiger partial charge in [0.1, 0.15) is 12.6 Å². The minimum atomic E-state index is -4.90. The van der Waals surface area contributed by atoms with E-state index < -0.39 is 93.6 Å². The van der Waals surface area contributed by atoms with Gasteiger partial charge in [-0.2, -0.15) is 13.2 Å². The van der Waals surface area contributed by atoms with Gasteiger partial charge in [0.2, 0.25) is 27.4 Å². The molecule has 4 aliphatic heterocycles. The Hall–Kier alpha value is -3.51. The molecule has 244 valence electrons. The highest BCUT2D eigenvalue weighted by Crippen LogP contribution is 2.45. The van der Waals surface area contributed by atoms with Gasteiger partial charge in [-0.3, -0.25) is 24.6 Å². The van der Waals surface area contributed by atoms with E-state index in [0.29, 0.717) is 6.07 Å². The Bertz CT molecular complexity index is 1470. The van der Waals surface area contributed by atoms with E-state index in [0.717, 1.165) is 21.9 Å². The summed E-state index contributed by atoms with van der Waals surface area (Å²) in [4.78, 5) is 57.3. The molecule has 5 rings (SSSR count). The number of amides is 4. The van der Waals surface area contributed by atoms with Crippen molar-refractivity contribution in [2.24, 2.45) is 4.99 Å². The Morgan fingerprint density at radius 1 is 1.16 bits per heavy atom. The molecular weight excluding hydrogens is 674 g/mol. The fourth-order valence-electron chi connectivity index (χ4n) is 5.88. The second-order valence-corrected chi connectivity index (χ2v) is 13.1. The van der Waals surface area contributed by atoms with E-state index in [4.69, 9.17) is 39.5 Å². The predicted molar refractivity (Wildman–Crippen MR) is 150 cm³/mol. The molecule has 0 saturated carbocycles. The van der Waals surface area contributed by atoms with E-state index in [1.54, 1.807) is 0 Å². The van der Waals surface area contributed by atoms with Crippen molar-refractivity contribution in [1.82, 2.24) is 31.1 Å². The van der Waals surface area contributed by atoms with Crippen LogP contribution in [0.5, 0.6) is 0 Å². The first kappa shape index (κ1) is 32.9. The van der Waals surface area contributed by atoms with Crippen LogP contribution < -0.4 is 21.3 Å². The summed E-state index contributed by atoms with van der Waals surface area (Å²) in [5.41, 5.74) is -4.18. The molecule has 6 N–H and O–H groups in total. The number of aliphatic hydroxyl groups is 2. The quantitative estimate of drug-likeness (QED) is 0.144. The van der Waals surface area contributed by atoms with E-state index in [1.165, 1.54) is 6.07 Å². The Kier molecular flexibility index (Phi) is 8.31. The molecule has 4 amide bonds. The number of hydrogen-bond donors (Lipinski definition) is 6. The lowest BCUT2D eigenvalue weighted by atomic mass is 9.85. The molecule has 1 aromatic carbocycles. The monoisotopic (exact) mass is 697 g/mol. The second kappa shape index (κ2) is 11.4. The number of nitrogens with zero attached hydrogens (tertiary/aromatic N) is 3. The predicted octanol–water partition coefficient (Wildman–Crippen LogP) is 0.513. The summed E-state index contributed by atoms with van der Waals surface area (Å²) < 4.78 is 43.9. The Morgan fingerprint density at radius 2 is 1.80 bits per heavy atom. The first-order valence-corrected chi connectivity index (χ1v) is 14.3. The lowest BCUT2D eigenvalue weighted by Gasteiger charge is -2.49. The molecule has 4 heterocycles. The van der Waals surface area contributed by atoms with Crippen LogP contribution in [-0.4, -0.2) is 103 Å². The highest BCUT2D eigenvalue weighted by Gasteiger charge is 2.74. The van der Waals surface area contributed by atoms with Crippen LogP contribution >= 0.6 is 34.8 Å². The number of likely N-dealkylation sites (tertiary alicyclic amines) is 1. The number of halogens is 6. The maximum Gasteiger partial charge on any atom is 0.417 e. The molecule has 20 heteroatoms.